The van der Waals surface area contributed by atoms with Crippen LogP contribution in [0.5, 0.6) is 5.88 Å². The molecule has 5 rings (SSSR count). The molecule has 3 aliphatic rings. The number of nitrogens with zero attached hydrogens (tertiary/aromatic N) is 4. The highest BCUT2D eigenvalue weighted by Gasteiger charge is 2.41. The second kappa shape index (κ2) is 7.96. The van der Waals surface area contributed by atoms with E-state index in [1.807, 2.05) is 0 Å². The molecule has 2 saturated heterocycles. The predicted molar refractivity (Wildman–Crippen MR) is 109 cm³/mol. The van der Waals surface area contributed by atoms with Gasteiger partial charge < -0.3 is 4.74 Å². The number of hydrogen-bond donors (Lipinski definition) is 0. The maximum Gasteiger partial charge on any atom is 0.416 e. The van der Waals surface area contributed by atoms with Crippen molar-refractivity contribution in [1.82, 2.24) is 19.2 Å². The number of hydrogen-bond acceptors (Lipinski definition) is 6. The fraction of sp³-hybridized carbons (Fsp3) is 0.524. The molecule has 1 saturated carbocycles. The Morgan fingerprint density at radius 2 is 1.88 bits per heavy atom. The van der Waals surface area contributed by atoms with Crippen molar-refractivity contribution in [3.05, 3.63) is 47.9 Å². The van der Waals surface area contributed by atoms with E-state index >= 15 is 0 Å². The first kappa shape index (κ1) is 21.6. The molecule has 172 valence electrons. The van der Waals surface area contributed by atoms with E-state index in [4.69, 9.17) is 4.74 Å². The molecule has 0 spiro atoms. The Labute approximate surface area is 184 Å². The van der Waals surface area contributed by atoms with Gasteiger partial charge >= 0.3 is 6.18 Å². The third kappa shape index (κ3) is 4.33. The van der Waals surface area contributed by atoms with Crippen LogP contribution in [0.1, 0.15) is 36.4 Å². The van der Waals surface area contributed by atoms with Crippen LogP contribution in [-0.2, 0) is 16.2 Å². The van der Waals surface area contributed by atoms with Gasteiger partial charge in [-0.3, -0.25) is 9.88 Å². The number of fused-ring (bicyclic) bond motifs is 1. The second-order valence-electron chi connectivity index (χ2n) is 8.57. The second-order valence-corrected chi connectivity index (χ2v) is 10.5. The zero-order chi connectivity index (χ0) is 22.5. The number of benzene rings is 1. The topological polar surface area (TPSA) is 75.6 Å². The summed E-state index contributed by atoms with van der Waals surface area (Å²) in [6.07, 6.45) is 1.55. The number of sulfonamides is 1. The quantitative estimate of drug-likeness (QED) is 0.672. The number of rotatable bonds is 5. The average molecular weight is 469 g/mol. The largest absolute Gasteiger partial charge is 0.472 e. The first-order valence-corrected chi connectivity index (χ1v) is 12.0. The van der Waals surface area contributed by atoms with Crippen LogP contribution in [0.25, 0.3) is 0 Å². The Bertz CT molecular complexity index is 1090. The summed E-state index contributed by atoms with van der Waals surface area (Å²) < 4.78 is 72.3. The number of piperazine rings is 1. The van der Waals surface area contributed by atoms with Crippen molar-refractivity contribution in [3.8, 4) is 5.88 Å². The third-order valence-corrected chi connectivity index (χ3v) is 8.13. The van der Waals surface area contributed by atoms with E-state index in [-0.39, 0.29) is 30.1 Å². The zero-order valence-electron chi connectivity index (χ0n) is 17.2. The van der Waals surface area contributed by atoms with Crippen LogP contribution in [0.3, 0.4) is 0 Å². The molecule has 0 unspecified atom stereocenters. The summed E-state index contributed by atoms with van der Waals surface area (Å²) in [5.41, 5.74) is 0.0111. The van der Waals surface area contributed by atoms with Gasteiger partial charge in [-0.1, -0.05) is 6.07 Å². The molecule has 2 aliphatic heterocycles. The smallest absolute Gasteiger partial charge is 0.416 e. The Kier molecular flexibility index (Phi) is 5.37. The molecule has 0 amide bonds. The van der Waals surface area contributed by atoms with Gasteiger partial charge in [-0.2, -0.15) is 17.5 Å². The molecule has 7 nitrogen and oxygen atoms in total. The lowest BCUT2D eigenvalue weighted by Gasteiger charge is -2.36. The van der Waals surface area contributed by atoms with Crippen LogP contribution < -0.4 is 4.74 Å². The van der Waals surface area contributed by atoms with E-state index in [1.165, 1.54) is 10.4 Å². The monoisotopic (exact) mass is 468 g/mol. The molecule has 2 atom stereocenters. The highest BCUT2D eigenvalue weighted by molar-refractivity contribution is 7.89. The van der Waals surface area contributed by atoms with E-state index < -0.39 is 21.8 Å². The van der Waals surface area contributed by atoms with Gasteiger partial charge in [0.15, 0.2) is 0 Å². The molecule has 1 aromatic heterocycles. The van der Waals surface area contributed by atoms with Gasteiger partial charge in [-0.25, -0.2) is 13.4 Å². The Morgan fingerprint density at radius 1 is 1.06 bits per heavy atom. The summed E-state index contributed by atoms with van der Waals surface area (Å²) >= 11 is 0. The van der Waals surface area contributed by atoms with Gasteiger partial charge in [0.1, 0.15) is 6.10 Å². The Hall–Kier alpha value is -2.24. The van der Waals surface area contributed by atoms with E-state index in [2.05, 4.69) is 14.9 Å². The minimum Gasteiger partial charge on any atom is -0.472 e. The zero-order valence-corrected chi connectivity index (χ0v) is 18.0. The molecule has 3 heterocycles. The lowest BCUT2D eigenvalue weighted by molar-refractivity contribution is -0.137. The molecule has 32 heavy (non-hydrogen) atoms. The summed E-state index contributed by atoms with van der Waals surface area (Å²) in [7, 11) is -4.02. The van der Waals surface area contributed by atoms with Crippen molar-refractivity contribution < 1.29 is 26.3 Å². The average Bonchev–Trinajstić information content (AvgIpc) is 3.53. The minimum atomic E-state index is -4.60. The van der Waals surface area contributed by atoms with E-state index in [0.29, 0.717) is 37.4 Å². The van der Waals surface area contributed by atoms with Crippen molar-refractivity contribution in [2.45, 2.75) is 48.4 Å². The summed E-state index contributed by atoms with van der Waals surface area (Å²) in [4.78, 5) is 10.6. The maximum atomic E-state index is 13.0. The van der Waals surface area contributed by atoms with Crippen molar-refractivity contribution in [2.24, 2.45) is 0 Å². The fourth-order valence-corrected chi connectivity index (χ4v) is 5.92. The minimum absolute atomic E-state index is 0.0620. The van der Waals surface area contributed by atoms with Gasteiger partial charge in [-0.05, 0) is 31.0 Å². The maximum absolute atomic E-state index is 13.0. The fourth-order valence-electron chi connectivity index (χ4n) is 4.40. The first-order chi connectivity index (χ1) is 15.2. The Balaban J connectivity index is 1.24. The van der Waals surface area contributed by atoms with Crippen LogP contribution in [0.15, 0.2) is 41.6 Å². The van der Waals surface area contributed by atoms with Crippen LogP contribution in [0.4, 0.5) is 13.2 Å². The van der Waals surface area contributed by atoms with Crippen LogP contribution in [0, 0.1) is 0 Å². The highest BCUT2D eigenvalue weighted by Crippen LogP contribution is 2.39. The molecule has 0 bridgehead atoms. The van der Waals surface area contributed by atoms with Gasteiger partial charge in [0.25, 0.3) is 0 Å². The number of alkyl halides is 3. The molecule has 1 aromatic carbocycles. The number of aromatic nitrogens is 2. The standard InChI is InChI=1S/C21H23F3N4O3S/c22-21(23,24)15-2-1-3-18(8-15)32(29,30)28-7-6-27-13-17(9-16(27)12-28)31-20-11-25-19(10-26-20)14-4-5-14/h1-3,8,10-11,14,16-17H,4-7,9,12-13H2/t16-,17-/m1/s1. The summed E-state index contributed by atoms with van der Waals surface area (Å²) in [5.74, 6) is 0.967. The van der Waals surface area contributed by atoms with E-state index in [1.54, 1.807) is 12.4 Å². The van der Waals surface area contributed by atoms with Crippen molar-refractivity contribution in [2.75, 3.05) is 26.2 Å². The molecule has 1 aliphatic carbocycles. The molecule has 0 N–H and O–H groups in total. The third-order valence-electron chi connectivity index (χ3n) is 6.27. The van der Waals surface area contributed by atoms with E-state index in [0.717, 1.165) is 30.7 Å². The molecule has 3 fully saturated rings. The van der Waals surface area contributed by atoms with Crippen molar-refractivity contribution >= 4 is 10.0 Å². The van der Waals surface area contributed by atoms with Gasteiger partial charge in [0, 0.05) is 44.6 Å². The van der Waals surface area contributed by atoms with Crippen molar-refractivity contribution in [3.63, 3.8) is 0 Å². The van der Waals surface area contributed by atoms with Crippen LogP contribution in [0.2, 0.25) is 0 Å². The van der Waals surface area contributed by atoms with E-state index in [9.17, 15) is 21.6 Å². The molecular weight excluding hydrogens is 445 g/mol. The molecular formula is C21H23F3N4O3S. The molecule has 11 heteroatoms. The first-order valence-electron chi connectivity index (χ1n) is 10.6. The van der Waals surface area contributed by atoms with Gasteiger partial charge in [0.05, 0.1) is 28.5 Å². The summed E-state index contributed by atoms with van der Waals surface area (Å²) in [5, 5.41) is 0. The summed E-state index contributed by atoms with van der Waals surface area (Å²) in [6, 6.07) is 3.85. The molecule has 0 radical (unpaired) electrons. The predicted octanol–water partition coefficient (Wildman–Crippen LogP) is 2.90. The number of ether oxygens (including phenoxy) is 1. The summed E-state index contributed by atoms with van der Waals surface area (Å²) in [6.45, 7) is 1.58. The van der Waals surface area contributed by atoms with Crippen LogP contribution >= 0.6 is 0 Å². The lowest BCUT2D eigenvalue weighted by Crippen LogP contribution is -2.51. The lowest BCUT2D eigenvalue weighted by atomic mass is 10.2. The molecule has 2 aromatic rings. The Morgan fingerprint density at radius 3 is 2.56 bits per heavy atom. The number of halogens is 3. The van der Waals surface area contributed by atoms with Crippen molar-refractivity contribution in [1.29, 1.82) is 0 Å². The normalized spacial score (nSPS) is 25.0. The van der Waals surface area contributed by atoms with Gasteiger partial charge in [-0.15, -0.1) is 0 Å². The highest BCUT2D eigenvalue weighted by atomic mass is 32.2. The van der Waals surface area contributed by atoms with Crippen LogP contribution in [-0.4, -0.2) is 65.9 Å². The van der Waals surface area contributed by atoms with Gasteiger partial charge in [0.2, 0.25) is 15.9 Å². The SMILES string of the molecule is O=S(=O)(c1cccc(C(F)(F)F)c1)N1CCN2C[C@H](Oc3cnc(C4CC4)cn3)C[C@@H]2C1.